The van der Waals surface area contributed by atoms with Gasteiger partial charge in [0.2, 0.25) is 5.91 Å². The molecule has 2 aromatic carbocycles. The molecule has 3 rings (SSSR count). The Morgan fingerprint density at radius 3 is 2.62 bits per heavy atom. The lowest BCUT2D eigenvalue weighted by atomic mass is 10.1. The second-order valence-corrected chi connectivity index (χ2v) is 6.88. The first-order valence-electron chi connectivity index (χ1n) is 8.65. The van der Waals surface area contributed by atoms with E-state index in [4.69, 9.17) is 11.6 Å². The van der Waals surface area contributed by atoms with E-state index in [1.54, 1.807) is 0 Å². The van der Waals surface area contributed by atoms with Crippen LogP contribution in [0, 0.1) is 6.92 Å². The summed E-state index contributed by atoms with van der Waals surface area (Å²) in [6, 6.07) is 15.4. The lowest BCUT2D eigenvalue weighted by Crippen LogP contribution is -2.26. The van der Waals surface area contributed by atoms with Crippen molar-refractivity contribution in [2.24, 2.45) is 0 Å². The van der Waals surface area contributed by atoms with E-state index in [0.29, 0.717) is 30.0 Å². The second kappa shape index (κ2) is 8.19. The number of amides is 1. The number of carbonyl (C=O) groups is 1. The molecule has 0 aliphatic heterocycles. The third kappa shape index (κ3) is 4.73. The van der Waals surface area contributed by atoms with Crippen molar-refractivity contribution in [3.05, 3.63) is 80.6 Å². The number of aryl methyl sites for hydroxylation is 2. The van der Waals surface area contributed by atoms with E-state index in [1.807, 2.05) is 55.5 Å². The second-order valence-electron chi connectivity index (χ2n) is 6.44. The standard InChI is InChI=1S/C21H21ClN2O2/c1-14-2-5-16-13-17(21(26)24-19(16)12-14)6-9-20(25)23-11-10-15-3-7-18(22)8-4-15/h2-5,7-8,12-13H,6,9-11H2,1H3,(H,23,25)(H,24,26). The Morgan fingerprint density at radius 1 is 1.08 bits per heavy atom. The van der Waals surface area contributed by atoms with Gasteiger partial charge in [0.15, 0.2) is 0 Å². The maximum absolute atomic E-state index is 12.2. The summed E-state index contributed by atoms with van der Waals surface area (Å²) in [5.74, 6) is -0.0534. The minimum atomic E-state index is -0.128. The third-order valence-electron chi connectivity index (χ3n) is 4.35. The van der Waals surface area contributed by atoms with Crippen molar-refractivity contribution in [1.82, 2.24) is 10.3 Å². The molecule has 0 spiro atoms. The molecule has 3 aromatic rings. The van der Waals surface area contributed by atoms with Crippen molar-refractivity contribution in [2.45, 2.75) is 26.2 Å². The summed E-state index contributed by atoms with van der Waals surface area (Å²) >= 11 is 5.85. The fraction of sp³-hybridized carbons (Fsp3) is 0.238. The summed E-state index contributed by atoms with van der Waals surface area (Å²) in [5.41, 5.74) is 3.55. The van der Waals surface area contributed by atoms with Gasteiger partial charge in [-0.3, -0.25) is 9.59 Å². The van der Waals surface area contributed by atoms with E-state index in [2.05, 4.69) is 10.3 Å². The van der Waals surface area contributed by atoms with Crippen LogP contribution in [-0.2, 0) is 17.6 Å². The van der Waals surface area contributed by atoms with Crippen molar-refractivity contribution in [3.63, 3.8) is 0 Å². The van der Waals surface area contributed by atoms with Crippen LogP contribution in [0.3, 0.4) is 0 Å². The molecular weight excluding hydrogens is 348 g/mol. The normalized spacial score (nSPS) is 10.8. The number of carbonyl (C=O) groups excluding carboxylic acids is 1. The van der Waals surface area contributed by atoms with Crippen LogP contribution in [0.15, 0.2) is 53.3 Å². The first kappa shape index (κ1) is 18.2. The fourth-order valence-electron chi connectivity index (χ4n) is 2.88. The number of fused-ring (bicyclic) bond motifs is 1. The van der Waals surface area contributed by atoms with Gasteiger partial charge in [-0.1, -0.05) is 35.9 Å². The van der Waals surface area contributed by atoms with E-state index < -0.39 is 0 Å². The molecule has 0 atom stereocenters. The molecule has 26 heavy (non-hydrogen) atoms. The smallest absolute Gasteiger partial charge is 0.251 e. The first-order chi connectivity index (χ1) is 12.5. The maximum atomic E-state index is 12.2. The zero-order valence-electron chi connectivity index (χ0n) is 14.6. The number of rotatable bonds is 6. The van der Waals surface area contributed by atoms with Gasteiger partial charge in [0.05, 0.1) is 0 Å². The number of hydrogen-bond acceptors (Lipinski definition) is 2. The van der Waals surface area contributed by atoms with Gasteiger partial charge < -0.3 is 10.3 Å². The van der Waals surface area contributed by atoms with Crippen LogP contribution in [0.2, 0.25) is 5.02 Å². The number of aromatic nitrogens is 1. The highest BCUT2D eigenvalue weighted by Crippen LogP contribution is 2.14. The quantitative estimate of drug-likeness (QED) is 0.695. The lowest BCUT2D eigenvalue weighted by molar-refractivity contribution is -0.121. The Balaban J connectivity index is 1.53. The molecule has 4 nitrogen and oxygen atoms in total. The number of aromatic amines is 1. The molecule has 0 aliphatic rings. The van der Waals surface area contributed by atoms with Gasteiger partial charge in [-0.15, -0.1) is 0 Å². The van der Waals surface area contributed by atoms with Gasteiger partial charge in [0.25, 0.3) is 5.56 Å². The molecule has 1 amide bonds. The monoisotopic (exact) mass is 368 g/mol. The Hall–Kier alpha value is -2.59. The zero-order chi connectivity index (χ0) is 18.5. The van der Waals surface area contributed by atoms with E-state index >= 15 is 0 Å². The van der Waals surface area contributed by atoms with Crippen molar-refractivity contribution in [3.8, 4) is 0 Å². The third-order valence-corrected chi connectivity index (χ3v) is 4.60. The van der Waals surface area contributed by atoms with Gasteiger partial charge in [-0.05, 0) is 60.5 Å². The number of nitrogens with one attached hydrogen (secondary N) is 2. The highest BCUT2D eigenvalue weighted by Gasteiger charge is 2.07. The summed E-state index contributed by atoms with van der Waals surface area (Å²) < 4.78 is 0. The molecule has 0 aliphatic carbocycles. The molecular formula is C21H21ClN2O2. The summed E-state index contributed by atoms with van der Waals surface area (Å²) in [6.07, 6.45) is 1.46. The van der Waals surface area contributed by atoms with E-state index in [1.165, 1.54) is 0 Å². The summed E-state index contributed by atoms with van der Waals surface area (Å²) in [4.78, 5) is 27.1. The molecule has 0 saturated heterocycles. The average Bonchev–Trinajstić information content (AvgIpc) is 2.61. The van der Waals surface area contributed by atoms with Crippen molar-refractivity contribution >= 4 is 28.4 Å². The largest absolute Gasteiger partial charge is 0.356 e. The van der Waals surface area contributed by atoms with Crippen LogP contribution in [0.4, 0.5) is 0 Å². The molecule has 0 fully saturated rings. The number of halogens is 1. The Labute approximate surface area is 157 Å². The highest BCUT2D eigenvalue weighted by atomic mass is 35.5. The van der Waals surface area contributed by atoms with Crippen molar-refractivity contribution in [2.75, 3.05) is 6.54 Å². The summed E-state index contributed by atoms with van der Waals surface area (Å²) in [7, 11) is 0. The number of pyridine rings is 1. The van der Waals surface area contributed by atoms with Crippen molar-refractivity contribution < 1.29 is 4.79 Å². The zero-order valence-corrected chi connectivity index (χ0v) is 15.4. The average molecular weight is 369 g/mol. The number of H-pyrrole nitrogens is 1. The van der Waals surface area contributed by atoms with Gasteiger partial charge in [-0.2, -0.15) is 0 Å². The van der Waals surface area contributed by atoms with Crippen LogP contribution in [0.1, 0.15) is 23.1 Å². The van der Waals surface area contributed by atoms with Gasteiger partial charge in [0.1, 0.15) is 0 Å². The molecule has 0 unspecified atom stereocenters. The number of benzene rings is 2. The minimum Gasteiger partial charge on any atom is -0.356 e. The van der Waals surface area contributed by atoms with Gasteiger partial charge >= 0.3 is 0 Å². The van der Waals surface area contributed by atoms with Crippen LogP contribution in [0.5, 0.6) is 0 Å². The van der Waals surface area contributed by atoms with Gasteiger partial charge in [0, 0.05) is 29.1 Å². The number of hydrogen-bond donors (Lipinski definition) is 2. The van der Waals surface area contributed by atoms with Crippen LogP contribution in [-0.4, -0.2) is 17.4 Å². The predicted octanol–water partition coefficient (Wildman–Crippen LogP) is 3.78. The van der Waals surface area contributed by atoms with Gasteiger partial charge in [-0.25, -0.2) is 0 Å². The fourth-order valence-corrected chi connectivity index (χ4v) is 3.01. The van der Waals surface area contributed by atoms with Crippen LogP contribution >= 0.6 is 11.6 Å². The first-order valence-corrected chi connectivity index (χ1v) is 9.03. The topological polar surface area (TPSA) is 62.0 Å². The molecule has 1 heterocycles. The Kier molecular flexibility index (Phi) is 5.74. The predicted molar refractivity (Wildman–Crippen MR) is 106 cm³/mol. The van der Waals surface area contributed by atoms with E-state index in [0.717, 1.165) is 28.5 Å². The molecule has 0 saturated carbocycles. The Morgan fingerprint density at radius 2 is 1.85 bits per heavy atom. The molecule has 2 N–H and O–H groups in total. The summed E-state index contributed by atoms with van der Waals surface area (Å²) in [5, 5.41) is 4.58. The molecule has 0 radical (unpaired) electrons. The lowest BCUT2D eigenvalue weighted by Gasteiger charge is -2.07. The highest BCUT2D eigenvalue weighted by molar-refractivity contribution is 6.30. The maximum Gasteiger partial charge on any atom is 0.251 e. The van der Waals surface area contributed by atoms with Crippen LogP contribution in [0.25, 0.3) is 10.9 Å². The summed E-state index contributed by atoms with van der Waals surface area (Å²) in [6.45, 7) is 2.55. The van der Waals surface area contributed by atoms with E-state index in [9.17, 15) is 9.59 Å². The van der Waals surface area contributed by atoms with Crippen molar-refractivity contribution in [1.29, 1.82) is 0 Å². The molecule has 5 heteroatoms. The Bertz CT molecular complexity index is 977. The van der Waals surface area contributed by atoms with Crippen LogP contribution < -0.4 is 10.9 Å². The minimum absolute atomic E-state index is 0.0534. The molecule has 1 aromatic heterocycles. The SMILES string of the molecule is Cc1ccc2cc(CCC(=O)NCCc3ccc(Cl)cc3)c(=O)[nH]c2c1. The van der Waals surface area contributed by atoms with E-state index in [-0.39, 0.29) is 11.5 Å². The molecule has 134 valence electrons. The molecule has 0 bridgehead atoms.